The molecule has 2 rings (SSSR count). The summed E-state index contributed by atoms with van der Waals surface area (Å²) in [7, 11) is 3.31. The number of carbonyl (C=O) groups is 1. The zero-order valence-corrected chi connectivity index (χ0v) is 17.5. The maximum Gasteiger partial charge on any atom is 0.251 e. The van der Waals surface area contributed by atoms with Gasteiger partial charge in [0.05, 0.1) is 7.11 Å². The molecule has 1 saturated heterocycles. The lowest BCUT2D eigenvalue weighted by Crippen LogP contribution is -2.42. The minimum absolute atomic E-state index is 0.129. The second-order valence-electron chi connectivity index (χ2n) is 6.90. The zero-order chi connectivity index (χ0) is 20.7. The molecule has 0 aliphatic carbocycles. The Morgan fingerprint density at radius 3 is 2.69 bits per heavy atom. The molecule has 1 aromatic rings. The van der Waals surface area contributed by atoms with Crippen molar-refractivity contribution >= 4 is 11.9 Å². The predicted octanol–water partition coefficient (Wildman–Crippen LogP) is 1.42. The fourth-order valence-corrected chi connectivity index (χ4v) is 2.99. The molecular formula is C21H34N4O4. The largest absolute Gasteiger partial charge is 0.497 e. The first-order chi connectivity index (χ1) is 14.2. The number of hydrogen-bond acceptors (Lipinski definition) is 5. The molecule has 0 spiro atoms. The third-order valence-electron chi connectivity index (χ3n) is 4.71. The van der Waals surface area contributed by atoms with E-state index in [4.69, 9.17) is 14.2 Å². The van der Waals surface area contributed by atoms with Gasteiger partial charge in [0.1, 0.15) is 5.75 Å². The summed E-state index contributed by atoms with van der Waals surface area (Å²) in [6.45, 7) is 5.13. The number of nitrogens with zero attached hydrogens (tertiary/aromatic N) is 1. The Morgan fingerprint density at radius 1 is 1.17 bits per heavy atom. The number of rotatable bonds is 11. The Bertz CT molecular complexity index is 633. The van der Waals surface area contributed by atoms with Gasteiger partial charge in [-0.05, 0) is 43.4 Å². The number of hydrogen-bond donors (Lipinski definition) is 3. The molecule has 1 amide bonds. The lowest BCUT2D eigenvalue weighted by atomic mass is 10.0. The van der Waals surface area contributed by atoms with E-state index in [0.29, 0.717) is 36.3 Å². The third-order valence-corrected chi connectivity index (χ3v) is 4.71. The number of nitrogens with one attached hydrogen (secondary N) is 3. The van der Waals surface area contributed by atoms with Gasteiger partial charge in [-0.25, -0.2) is 0 Å². The van der Waals surface area contributed by atoms with Crippen LogP contribution in [0, 0.1) is 5.92 Å². The fraction of sp³-hybridized carbons (Fsp3) is 0.619. The van der Waals surface area contributed by atoms with Crippen LogP contribution in [0.4, 0.5) is 0 Å². The van der Waals surface area contributed by atoms with Gasteiger partial charge < -0.3 is 30.2 Å². The number of amides is 1. The summed E-state index contributed by atoms with van der Waals surface area (Å²) in [5.41, 5.74) is 0.576. The van der Waals surface area contributed by atoms with Gasteiger partial charge in [0.2, 0.25) is 0 Å². The van der Waals surface area contributed by atoms with E-state index in [-0.39, 0.29) is 5.91 Å². The average molecular weight is 407 g/mol. The molecule has 1 heterocycles. The van der Waals surface area contributed by atoms with E-state index < -0.39 is 0 Å². The summed E-state index contributed by atoms with van der Waals surface area (Å²) in [4.78, 5) is 16.3. The molecule has 0 unspecified atom stereocenters. The van der Waals surface area contributed by atoms with E-state index in [2.05, 4.69) is 20.9 Å². The van der Waals surface area contributed by atoms with Gasteiger partial charge >= 0.3 is 0 Å². The first-order valence-electron chi connectivity index (χ1n) is 10.2. The summed E-state index contributed by atoms with van der Waals surface area (Å²) in [5, 5.41) is 9.31. The van der Waals surface area contributed by atoms with Crippen LogP contribution >= 0.6 is 0 Å². The molecule has 8 nitrogen and oxygen atoms in total. The maximum atomic E-state index is 12.2. The number of aliphatic imine (C=N–C) groups is 1. The fourth-order valence-electron chi connectivity index (χ4n) is 2.99. The lowest BCUT2D eigenvalue weighted by molar-refractivity contribution is 0.0203. The van der Waals surface area contributed by atoms with Crippen molar-refractivity contribution in [1.82, 2.24) is 16.0 Å². The van der Waals surface area contributed by atoms with Crippen LogP contribution in [-0.4, -0.2) is 72.1 Å². The highest BCUT2D eigenvalue weighted by atomic mass is 16.5. The van der Waals surface area contributed by atoms with Crippen LogP contribution in [0.15, 0.2) is 29.3 Å². The highest BCUT2D eigenvalue weighted by Gasteiger charge is 2.13. The monoisotopic (exact) mass is 406 g/mol. The van der Waals surface area contributed by atoms with E-state index in [1.807, 2.05) is 6.07 Å². The van der Waals surface area contributed by atoms with Crippen LogP contribution in [0.3, 0.4) is 0 Å². The minimum Gasteiger partial charge on any atom is -0.497 e. The van der Waals surface area contributed by atoms with E-state index >= 15 is 0 Å². The molecule has 1 aromatic carbocycles. The van der Waals surface area contributed by atoms with E-state index in [0.717, 1.165) is 52.2 Å². The lowest BCUT2D eigenvalue weighted by Gasteiger charge is -2.21. The van der Waals surface area contributed by atoms with Crippen molar-refractivity contribution in [3.8, 4) is 5.75 Å². The first-order valence-corrected chi connectivity index (χ1v) is 10.2. The topological polar surface area (TPSA) is 93.2 Å². The standard InChI is InChI=1S/C21H34N4O4/c1-22-21(24-9-4-12-29-16-17-7-13-28-14-8-17)25-11-10-23-20(26)18-5-3-6-19(15-18)27-2/h3,5-6,15,17H,4,7-14,16H2,1-2H3,(H,23,26)(H2,22,24,25). The molecule has 1 aliphatic rings. The van der Waals surface area contributed by atoms with Crippen LogP contribution in [0.5, 0.6) is 5.75 Å². The smallest absolute Gasteiger partial charge is 0.251 e. The van der Waals surface area contributed by atoms with Crippen LogP contribution in [-0.2, 0) is 9.47 Å². The zero-order valence-electron chi connectivity index (χ0n) is 17.5. The van der Waals surface area contributed by atoms with E-state index in [1.165, 1.54) is 0 Å². The highest BCUT2D eigenvalue weighted by molar-refractivity contribution is 5.94. The molecule has 29 heavy (non-hydrogen) atoms. The molecule has 0 aromatic heterocycles. The summed E-state index contributed by atoms with van der Waals surface area (Å²) in [6, 6.07) is 7.08. The second-order valence-corrected chi connectivity index (χ2v) is 6.90. The first kappa shape index (κ1) is 23.0. The van der Waals surface area contributed by atoms with Crippen molar-refractivity contribution in [2.45, 2.75) is 19.3 Å². The van der Waals surface area contributed by atoms with Crippen molar-refractivity contribution in [1.29, 1.82) is 0 Å². The van der Waals surface area contributed by atoms with Gasteiger partial charge in [0.15, 0.2) is 5.96 Å². The Hall–Kier alpha value is -2.32. The quantitative estimate of drug-likeness (QED) is 0.292. The van der Waals surface area contributed by atoms with E-state index in [9.17, 15) is 4.79 Å². The number of carbonyl (C=O) groups excluding carboxylic acids is 1. The Kier molecular flexibility index (Phi) is 10.9. The Morgan fingerprint density at radius 2 is 1.93 bits per heavy atom. The summed E-state index contributed by atoms with van der Waals surface area (Å²) in [5.74, 6) is 1.89. The van der Waals surface area contributed by atoms with E-state index in [1.54, 1.807) is 32.4 Å². The van der Waals surface area contributed by atoms with Crippen LogP contribution in [0.1, 0.15) is 29.6 Å². The van der Waals surface area contributed by atoms with Crippen molar-refractivity contribution in [2.75, 3.05) is 60.2 Å². The number of guanidine groups is 1. The Balaban J connectivity index is 1.51. The van der Waals surface area contributed by atoms with Crippen LogP contribution in [0.2, 0.25) is 0 Å². The van der Waals surface area contributed by atoms with Gasteiger partial charge in [-0.3, -0.25) is 9.79 Å². The molecule has 1 fully saturated rings. The molecule has 0 saturated carbocycles. The summed E-state index contributed by atoms with van der Waals surface area (Å²) < 4.78 is 16.3. The molecule has 3 N–H and O–H groups in total. The van der Waals surface area contributed by atoms with Gasteiger partial charge in [-0.15, -0.1) is 0 Å². The van der Waals surface area contributed by atoms with Gasteiger partial charge in [-0.1, -0.05) is 6.07 Å². The van der Waals surface area contributed by atoms with Crippen molar-refractivity contribution in [3.63, 3.8) is 0 Å². The second kappa shape index (κ2) is 13.8. The predicted molar refractivity (Wildman–Crippen MR) is 114 cm³/mol. The highest BCUT2D eigenvalue weighted by Crippen LogP contribution is 2.14. The van der Waals surface area contributed by atoms with Crippen LogP contribution < -0.4 is 20.7 Å². The van der Waals surface area contributed by atoms with Gasteiger partial charge in [-0.2, -0.15) is 0 Å². The van der Waals surface area contributed by atoms with Crippen molar-refractivity contribution in [3.05, 3.63) is 29.8 Å². The minimum atomic E-state index is -0.129. The SMILES string of the molecule is CN=C(NCCCOCC1CCOCC1)NCCNC(=O)c1cccc(OC)c1. The molecule has 162 valence electrons. The number of methoxy groups -OCH3 is 1. The normalized spacial score (nSPS) is 15.0. The molecule has 0 bridgehead atoms. The van der Waals surface area contributed by atoms with Gasteiger partial charge in [0.25, 0.3) is 5.91 Å². The third kappa shape index (κ3) is 9.15. The number of benzene rings is 1. The molecule has 1 aliphatic heterocycles. The molecule has 8 heteroatoms. The molecule has 0 atom stereocenters. The summed E-state index contributed by atoms with van der Waals surface area (Å²) >= 11 is 0. The van der Waals surface area contributed by atoms with Crippen molar-refractivity contribution in [2.24, 2.45) is 10.9 Å². The Labute approximate surface area is 173 Å². The van der Waals surface area contributed by atoms with Crippen LogP contribution in [0.25, 0.3) is 0 Å². The number of ether oxygens (including phenoxy) is 3. The van der Waals surface area contributed by atoms with Crippen molar-refractivity contribution < 1.29 is 19.0 Å². The maximum absolute atomic E-state index is 12.2. The molecular weight excluding hydrogens is 372 g/mol. The van der Waals surface area contributed by atoms with Gasteiger partial charge in [0, 0.05) is 58.7 Å². The molecule has 0 radical (unpaired) electrons. The summed E-state index contributed by atoms with van der Waals surface area (Å²) in [6.07, 6.45) is 3.11. The average Bonchev–Trinajstić information content (AvgIpc) is 2.78.